The van der Waals surface area contributed by atoms with Crippen molar-refractivity contribution in [2.75, 3.05) is 13.7 Å². The zero-order valence-electron chi connectivity index (χ0n) is 16.3. The summed E-state index contributed by atoms with van der Waals surface area (Å²) in [6.07, 6.45) is 4.67. The van der Waals surface area contributed by atoms with Crippen LogP contribution in [0.25, 0.3) is 5.69 Å². The van der Waals surface area contributed by atoms with E-state index in [0.717, 1.165) is 27.9 Å². The third-order valence-electron chi connectivity index (χ3n) is 5.06. The van der Waals surface area contributed by atoms with Crippen LogP contribution in [0.5, 0.6) is 5.88 Å². The Morgan fingerprint density at radius 2 is 2.24 bits per heavy atom. The lowest BCUT2D eigenvalue weighted by Gasteiger charge is -2.16. The van der Waals surface area contributed by atoms with E-state index in [1.165, 1.54) is 0 Å². The molecule has 1 aliphatic rings. The van der Waals surface area contributed by atoms with Crippen molar-refractivity contribution in [2.24, 2.45) is 0 Å². The van der Waals surface area contributed by atoms with E-state index in [2.05, 4.69) is 15.4 Å². The molecule has 8 nitrogen and oxygen atoms in total. The summed E-state index contributed by atoms with van der Waals surface area (Å²) in [5, 5.41) is 18.2. The van der Waals surface area contributed by atoms with Crippen LogP contribution in [-0.4, -0.2) is 39.5 Å². The normalized spacial score (nSPS) is 13.8. The molecule has 2 aromatic heterocycles. The van der Waals surface area contributed by atoms with Gasteiger partial charge in [0.05, 0.1) is 30.7 Å². The highest BCUT2D eigenvalue weighted by atomic mass is 16.5. The molecule has 150 valence electrons. The summed E-state index contributed by atoms with van der Waals surface area (Å²) in [6, 6.07) is 7.17. The number of nitrogens with one attached hydrogen (secondary N) is 1. The maximum Gasteiger partial charge on any atom is 0.338 e. The second-order valence-corrected chi connectivity index (χ2v) is 6.88. The number of carbonyl (C=O) groups excluding carboxylic acids is 1. The van der Waals surface area contributed by atoms with Gasteiger partial charge in [0.15, 0.2) is 0 Å². The zero-order chi connectivity index (χ0) is 20.4. The molecule has 0 fully saturated rings. The van der Waals surface area contributed by atoms with Crippen LogP contribution in [0, 0.1) is 6.92 Å². The second-order valence-electron chi connectivity index (χ2n) is 6.88. The van der Waals surface area contributed by atoms with Crippen molar-refractivity contribution in [1.82, 2.24) is 20.1 Å². The average Bonchev–Trinajstić information content (AvgIpc) is 3.36. The van der Waals surface area contributed by atoms with Crippen molar-refractivity contribution in [3.8, 4) is 11.6 Å². The molecule has 0 bridgehead atoms. The Morgan fingerprint density at radius 3 is 3.07 bits per heavy atom. The van der Waals surface area contributed by atoms with Gasteiger partial charge in [-0.25, -0.2) is 14.5 Å². The maximum absolute atomic E-state index is 11.7. The van der Waals surface area contributed by atoms with Crippen LogP contribution >= 0.6 is 0 Å². The summed E-state index contributed by atoms with van der Waals surface area (Å²) < 4.78 is 12.0. The molecule has 4 rings (SSSR count). The SMILES string of the molecule is COc1cc(-n2cc(CNC[C@H](O)c3ccc4c(c3C)COC4=O)cn2)ccn1. The van der Waals surface area contributed by atoms with Gasteiger partial charge in [0.25, 0.3) is 0 Å². The number of pyridine rings is 1. The summed E-state index contributed by atoms with van der Waals surface area (Å²) >= 11 is 0. The fourth-order valence-electron chi connectivity index (χ4n) is 3.44. The Hall–Kier alpha value is -3.23. The van der Waals surface area contributed by atoms with Gasteiger partial charge in [0.2, 0.25) is 5.88 Å². The molecule has 1 aromatic carbocycles. The fourth-order valence-corrected chi connectivity index (χ4v) is 3.44. The molecule has 0 radical (unpaired) electrons. The number of hydrogen-bond acceptors (Lipinski definition) is 7. The Bertz CT molecular complexity index is 1050. The van der Waals surface area contributed by atoms with Crippen molar-refractivity contribution >= 4 is 5.97 Å². The number of nitrogens with zero attached hydrogens (tertiary/aromatic N) is 3. The van der Waals surface area contributed by atoms with Gasteiger partial charge < -0.3 is 19.9 Å². The Labute approximate surface area is 168 Å². The van der Waals surface area contributed by atoms with Crippen LogP contribution in [0.15, 0.2) is 42.9 Å². The topological polar surface area (TPSA) is 98.5 Å². The number of cyclic esters (lactones) is 1. The number of hydrogen-bond donors (Lipinski definition) is 2. The highest BCUT2D eigenvalue weighted by Crippen LogP contribution is 2.28. The van der Waals surface area contributed by atoms with Gasteiger partial charge in [-0.15, -0.1) is 0 Å². The number of aliphatic hydroxyl groups is 1. The number of fused-ring (bicyclic) bond motifs is 1. The first-order valence-corrected chi connectivity index (χ1v) is 9.29. The smallest absolute Gasteiger partial charge is 0.338 e. The third-order valence-corrected chi connectivity index (χ3v) is 5.06. The van der Waals surface area contributed by atoms with Crippen LogP contribution in [0.3, 0.4) is 0 Å². The van der Waals surface area contributed by atoms with E-state index in [0.29, 0.717) is 24.5 Å². The summed E-state index contributed by atoms with van der Waals surface area (Å²) in [5.74, 6) is 0.226. The van der Waals surface area contributed by atoms with Crippen LogP contribution in [-0.2, 0) is 17.9 Å². The van der Waals surface area contributed by atoms with Gasteiger partial charge in [-0.05, 0) is 30.2 Å². The molecular formula is C21H22N4O4. The predicted octanol–water partition coefficient (Wildman–Crippen LogP) is 2.08. The predicted molar refractivity (Wildman–Crippen MR) is 105 cm³/mol. The number of rotatable bonds is 7. The van der Waals surface area contributed by atoms with E-state index in [4.69, 9.17) is 9.47 Å². The summed E-state index contributed by atoms with van der Waals surface area (Å²) in [6.45, 7) is 3.12. The van der Waals surface area contributed by atoms with Crippen molar-refractivity contribution in [3.63, 3.8) is 0 Å². The molecule has 0 unspecified atom stereocenters. The first-order valence-electron chi connectivity index (χ1n) is 9.29. The lowest BCUT2D eigenvalue weighted by Crippen LogP contribution is -2.21. The van der Waals surface area contributed by atoms with Gasteiger partial charge in [-0.2, -0.15) is 5.10 Å². The first-order chi connectivity index (χ1) is 14.1. The zero-order valence-corrected chi connectivity index (χ0v) is 16.3. The number of aliphatic hydroxyl groups excluding tert-OH is 1. The molecule has 0 aliphatic carbocycles. The minimum atomic E-state index is -0.685. The van der Waals surface area contributed by atoms with Crippen LogP contribution < -0.4 is 10.1 Å². The largest absolute Gasteiger partial charge is 0.481 e. The Morgan fingerprint density at radius 1 is 1.38 bits per heavy atom. The molecule has 0 saturated heterocycles. The molecule has 3 aromatic rings. The van der Waals surface area contributed by atoms with E-state index in [1.54, 1.807) is 42.4 Å². The highest BCUT2D eigenvalue weighted by Gasteiger charge is 2.25. The molecule has 8 heteroatoms. The molecule has 0 saturated carbocycles. The molecule has 3 heterocycles. The minimum absolute atomic E-state index is 0.271. The minimum Gasteiger partial charge on any atom is -0.481 e. The molecule has 29 heavy (non-hydrogen) atoms. The first kappa shape index (κ1) is 19.1. The van der Waals surface area contributed by atoms with E-state index in [9.17, 15) is 9.90 Å². The van der Waals surface area contributed by atoms with Crippen LogP contribution in [0.2, 0.25) is 0 Å². The number of esters is 1. The summed E-state index contributed by atoms with van der Waals surface area (Å²) in [7, 11) is 1.57. The van der Waals surface area contributed by atoms with Crippen molar-refractivity contribution in [1.29, 1.82) is 0 Å². The molecule has 0 spiro atoms. The molecule has 1 aliphatic heterocycles. The maximum atomic E-state index is 11.7. The third kappa shape index (κ3) is 3.85. The molecular weight excluding hydrogens is 372 g/mol. The number of carbonyl (C=O) groups is 1. The van der Waals surface area contributed by atoms with Crippen molar-refractivity contribution in [3.05, 3.63) is 70.7 Å². The molecule has 0 amide bonds. The van der Waals surface area contributed by atoms with E-state index >= 15 is 0 Å². The molecule has 1 atom stereocenters. The van der Waals surface area contributed by atoms with Gasteiger partial charge in [0, 0.05) is 42.7 Å². The van der Waals surface area contributed by atoms with E-state index in [1.807, 2.05) is 19.2 Å². The van der Waals surface area contributed by atoms with E-state index in [-0.39, 0.29) is 12.6 Å². The number of aromatic nitrogens is 3. The van der Waals surface area contributed by atoms with Crippen LogP contribution in [0.1, 0.15) is 38.7 Å². The summed E-state index contributed by atoms with van der Waals surface area (Å²) in [5.41, 5.74) is 5.00. The average molecular weight is 394 g/mol. The fraction of sp³-hybridized carbons (Fsp3) is 0.286. The molecule has 2 N–H and O–H groups in total. The quantitative estimate of drug-likeness (QED) is 0.592. The lowest BCUT2D eigenvalue weighted by atomic mass is 9.95. The van der Waals surface area contributed by atoms with Gasteiger partial charge in [-0.3, -0.25) is 0 Å². The number of benzene rings is 1. The van der Waals surface area contributed by atoms with Gasteiger partial charge in [0.1, 0.15) is 6.61 Å². The highest BCUT2D eigenvalue weighted by molar-refractivity contribution is 5.93. The standard InChI is InChI=1S/C21H22N4O4/c1-13-16(3-4-17-18(13)12-29-21(17)27)19(26)10-22-8-14-9-24-25(11-14)15-5-6-23-20(7-15)28-2/h3-7,9,11,19,22,26H,8,10,12H2,1-2H3/t19-/m0/s1. The Kier molecular flexibility index (Phi) is 5.28. The van der Waals surface area contributed by atoms with Crippen molar-refractivity contribution < 1.29 is 19.4 Å². The van der Waals surface area contributed by atoms with Crippen LogP contribution in [0.4, 0.5) is 0 Å². The monoisotopic (exact) mass is 394 g/mol. The van der Waals surface area contributed by atoms with Gasteiger partial charge in [-0.1, -0.05) is 6.07 Å². The summed E-state index contributed by atoms with van der Waals surface area (Å²) in [4.78, 5) is 15.7. The lowest BCUT2D eigenvalue weighted by molar-refractivity contribution is 0.0535. The van der Waals surface area contributed by atoms with Crippen molar-refractivity contribution in [2.45, 2.75) is 26.2 Å². The van der Waals surface area contributed by atoms with E-state index < -0.39 is 6.10 Å². The Balaban J connectivity index is 1.37. The number of ether oxygens (including phenoxy) is 2. The second kappa shape index (κ2) is 8.02. The number of methoxy groups -OCH3 is 1. The van der Waals surface area contributed by atoms with Gasteiger partial charge >= 0.3 is 5.97 Å².